The molecule has 4 atom stereocenters. The van der Waals surface area contributed by atoms with Crippen molar-refractivity contribution >= 4 is 23.4 Å². The highest BCUT2D eigenvalue weighted by molar-refractivity contribution is 6.05. The number of rotatable bonds is 7. The molecule has 3 amide bonds. The predicted octanol–water partition coefficient (Wildman–Crippen LogP) is 4.90. The van der Waals surface area contributed by atoms with Crippen LogP contribution < -0.4 is 10.1 Å². The summed E-state index contributed by atoms with van der Waals surface area (Å²) in [6.45, 7) is 6.60. The number of hydrogen-bond acceptors (Lipinski definition) is 7. The van der Waals surface area contributed by atoms with Gasteiger partial charge in [-0.25, -0.2) is 0 Å². The van der Waals surface area contributed by atoms with Gasteiger partial charge in [-0.1, -0.05) is 25.1 Å². The van der Waals surface area contributed by atoms with E-state index >= 15 is 0 Å². The Morgan fingerprint density at radius 2 is 1.80 bits per heavy atom. The van der Waals surface area contributed by atoms with Gasteiger partial charge in [-0.2, -0.15) is 0 Å². The number of fused-ring (bicyclic) bond motifs is 1. The van der Waals surface area contributed by atoms with Crippen molar-refractivity contribution in [2.45, 2.75) is 58.3 Å². The summed E-state index contributed by atoms with van der Waals surface area (Å²) in [5.74, 6) is -0.549. The SMILES string of the molecule is C[C@H](CO)N1C[C@H](C)[C@@H](CN(C)C(=O)c2ccccc2)OCCCC[C@H](C)Oc2ccc(NC(=O)c3ccncc3)cc2C1=O. The molecule has 0 saturated carbocycles. The van der Waals surface area contributed by atoms with E-state index < -0.39 is 6.04 Å². The summed E-state index contributed by atoms with van der Waals surface area (Å²) in [5, 5.41) is 13.1. The Morgan fingerprint density at radius 3 is 2.51 bits per heavy atom. The monoisotopic (exact) mass is 616 g/mol. The third-order valence-corrected chi connectivity index (χ3v) is 8.07. The fourth-order valence-corrected chi connectivity index (χ4v) is 5.32. The van der Waals surface area contributed by atoms with E-state index in [4.69, 9.17) is 9.47 Å². The van der Waals surface area contributed by atoms with Crippen molar-refractivity contribution in [2.24, 2.45) is 5.92 Å². The summed E-state index contributed by atoms with van der Waals surface area (Å²) in [6.07, 6.45) is 4.97. The van der Waals surface area contributed by atoms with E-state index in [0.29, 0.717) is 35.7 Å². The minimum absolute atomic E-state index is 0.108. The van der Waals surface area contributed by atoms with E-state index in [0.717, 1.165) is 19.3 Å². The molecule has 45 heavy (non-hydrogen) atoms. The first-order valence-corrected chi connectivity index (χ1v) is 15.5. The number of likely N-dealkylation sites (N-methyl/N-ethyl adjacent to an activating group) is 1. The van der Waals surface area contributed by atoms with Gasteiger partial charge in [0.1, 0.15) is 5.75 Å². The quantitative estimate of drug-likeness (QED) is 0.387. The normalized spacial score (nSPS) is 20.2. The van der Waals surface area contributed by atoms with Crippen LogP contribution in [0.4, 0.5) is 5.69 Å². The molecule has 10 heteroatoms. The highest BCUT2D eigenvalue weighted by Crippen LogP contribution is 2.29. The number of ether oxygens (including phenoxy) is 2. The third kappa shape index (κ3) is 9.12. The molecular formula is C35H44N4O6. The molecule has 0 aliphatic carbocycles. The van der Waals surface area contributed by atoms with Gasteiger partial charge in [0.05, 0.1) is 30.4 Å². The second-order valence-electron chi connectivity index (χ2n) is 11.8. The molecule has 4 rings (SSSR count). The maximum Gasteiger partial charge on any atom is 0.258 e. The van der Waals surface area contributed by atoms with Gasteiger partial charge >= 0.3 is 0 Å². The number of pyridine rings is 1. The van der Waals surface area contributed by atoms with Crippen molar-refractivity contribution in [3.05, 3.63) is 89.7 Å². The first-order chi connectivity index (χ1) is 21.7. The highest BCUT2D eigenvalue weighted by atomic mass is 16.5. The Hall–Kier alpha value is -4.28. The van der Waals surface area contributed by atoms with E-state index in [1.807, 2.05) is 32.0 Å². The first kappa shape index (κ1) is 33.6. The molecule has 240 valence electrons. The molecule has 10 nitrogen and oxygen atoms in total. The van der Waals surface area contributed by atoms with Crippen LogP contribution in [0, 0.1) is 5.92 Å². The number of aliphatic hydroxyl groups excluding tert-OH is 1. The number of anilines is 1. The van der Waals surface area contributed by atoms with Crippen LogP contribution in [-0.2, 0) is 4.74 Å². The van der Waals surface area contributed by atoms with Crippen LogP contribution >= 0.6 is 0 Å². The molecular weight excluding hydrogens is 572 g/mol. The largest absolute Gasteiger partial charge is 0.490 e. The van der Waals surface area contributed by atoms with Crippen LogP contribution in [-0.4, -0.2) is 89.2 Å². The summed E-state index contributed by atoms with van der Waals surface area (Å²) >= 11 is 0. The molecule has 2 heterocycles. The molecule has 0 fully saturated rings. The number of carbonyl (C=O) groups is 3. The highest BCUT2D eigenvalue weighted by Gasteiger charge is 2.31. The summed E-state index contributed by atoms with van der Waals surface area (Å²) < 4.78 is 12.6. The second kappa shape index (κ2) is 16.2. The number of carbonyl (C=O) groups excluding carboxylic acids is 3. The van der Waals surface area contributed by atoms with Gasteiger partial charge < -0.3 is 29.7 Å². The van der Waals surface area contributed by atoms with E-state index in [1.165, 1.54) is 0 Å². The van der Waals surface area contributed by atoms with E-state index in [2.05, 4.69) is 10.3 Å². The number of aromatic nitrogens is 1. The molecule has 0 radical (unpaired) electrons. The molecule has 3 aromatic rings. The van der Waals surface area contributed by atoms with Crippen molar-refractivity contribution < 1.29 is 29.0 Å². The average molecular weight is 617 g/mol. The fourth-order valence-electron chi connectivity index (χ4n) is 5.32. The lowest BCUT2D eigenvalue weighted by molar-refractivity contribution is -0.0149. The Morgan fingerprint density at radius 1 is 1.07 bits per heavy atom. The Kier molecular flexibility index (Phi) is 12.1. The first-order valence-electron chi connectivity index (χ1n) is 15.5. The van der Waals surface area contributed by atoms with E-state index in [9.17, 15) is 19.5 Å². The molecule has 0 spiro atoms. The summed E-state index contributed by atoms with van der Waals surface area (Å²) in [6, 6.07) is 16.9. The van der Waals surface area contributed by atoms with Crippen LogP contribution in [0.1, 0.15) is 71.1 Å². The lowest BCUT2D eigenvalue weighted by Gasteiger charge is -2.36. The van der Waals surface area contributed by atoms with Crippen LogP contribution in [0.15, 0.2) is 73.1 Å². The van der Waals surface area contributed by atoms with Crippen molar-refractivity contribution in [3.8, 4) is 5.75 Å². The van der Waals surface area contributed by atoms with Crippen LogP contribution in [0.3, 0.4) is 0 Å². The number of nitrogens with zero attached hydrogens (tertiary/aromatic N) is 3. The zero-order valence-electron chi connectivity index (χ0n) is 26.5. The maximum absolute atomic E-state index is 14.3. The number of nitrogens with one attached hydrogen (secondary N) is 1. The maximum atomic E-state index is 14.3. The topological polar surface area (TPSA) is 121 Å². The lowest BCUT2D eigenvalue weighted by Crippen LogP contribution is -2.48. The molecule has 1 aliphatic rings. The van der Waals surface area contributed by atoms with E-state index in [1.54, 1.807) is 78.6 Å². The van der Waals surface area contributed by atoms with Gasteiger partial charge in [0, 0.05) is 61.9 Å². The van der Waals surface area contributed by atoms with Gasteiger partial charge in [-0.15, -0.1) is 0 Å². The fraction of sp³-hybridized carbons (Fsp3) is 0.429. The van der Waals surface area contributed by atoms with Gasteiger partial charge in [0.25, 0.3) is 17.7 Å². The number of hydrogen-bond donors (Lipinski definition) is 2. The molecule has 0 unspecified atom stereocenters. The molecule has 1 aromatic heterocycles. The van der Waals surface area contributed by atoms with Crippen LogP contribution in [0.25, 0.3) is 0 Å². The van der Waals surface area contributed by atoms with E-state index in [-0.39, 0.29) is 54.6 Å². The van der Waals surface area contributed by atoms with Crippen LogP contribution in [0.2, 0.25) is 0 Å². The smallest absolute Gasteiger partial charge is 0.258 e. The summed E-state index contributed by atoms with van der Waals surface area (Å²) in [7, 11) is 1.76. The summed E-state index contributed by atoms with van der Waals surface area (Å²) in [5.41, 5.74) is 1.75. The van der Waals surface area contributed by atoms with Gasteiger partial charge in [0.2, 0.25) is 0 Å². The molecule has 0 bridgehead atoms. The zero-order valence-corrected chi connectivity index (χ0v) is 26.5. The lowest BCUT2D eigenvalue weighted by atomic mass is 10.0. The third-order valence-electron chi connectivity index (χ3n) is 8.07. The van der Waals surface area contributed by atoms with Crippen molar-refractivity contribution in [2.75, 3.05) is 38.7 Å². The van der Waals surface area contributed by atoms with Gasteiger partial charge in [-0.05, 0) is 75.6 Å². The minimum atomic E-state index is -0.516. The molecule has 0 saturated heterocycles. The van der Waals surface area contributed by atoms with Crippen molar-refractivity contribution in [1.29, 1.82) is 0 Å². The van der Waals surface area contributed by atoms with Crippen molar-refractivity contribution in [1.82, 2.24) is 14.8 Å². The van der Waals surface area contributed by atoms with Gasteiger partial charge in [0.15, 0.2) is 0 Å². The molecule has 1 aliphatic heterocycles. The number of aliphatic hydroxyl groups is 1. The number of benzene rings is 2. The van der Waals surface area contributed by atoms with Crippen molar-refractivity contribution in [3.63, 3.8) is 0 Å². The second-order valence-corrected chi connectivity index (χ2v) is 11.8. The standard InChI is InChI=1S/C35H44N4O6/c1-24-21-39(25(2)23-40)35(43)30-20-29(37-33(41)27-15-17-36-18-16-27)13-14-31(30)45-26(3)10-8-9-19-44-32(24)22-38(4)34(42)28-11-6-5-7-12-28/h5-7,11-18,20,24-26,32,40H,8-10,19,21-23H2,1-4H3,(H,37,41)/t24-,25+,26-,32+/m0/s1. The molecule has 2 N–H and O–H groups in total. The van der Waals surface area contributed by atoms with Gasteiger partial charge in [-0.3, -0.25) is 19.4 Å². The minimum Gasteiger partial charge on any atom is -0.490 e. The summed E-state index contributed by atoms with van der Waals surface area (Å²) in [4.78, 5) is 47.6. The van der Waals surface area contributed by atoms with Crippen LogP contribution in [0.5, 0.6) is 5.75 Å². The number of amides is 3. The Bertz CT molecular complexity index is 1420. The average Bonchev–Trinajstić information content (AvgIpc) is 3.06. The Labute approximate surface area is 265 Å². The zero-order chi connectivity index (χ0) is 32.3. The predicted molar refractivity (Wildman–Crippen MR) is 172 cm³/mol. The molecule has 2 aromatic carbocycles. The Balaban J connectivity index is 1.63.